The minimum atomic E-state index is -4.49. The van der Waals surface area contributed by atoms with E-state index in [9.17, 15) is 18.0 Å². The molecule has 0 aliphatic carbocycles. The average molecular weight is 406 g/mol. The van der Waals surface area contributed by atoms with Gasteiger partial charge in [-0.3, -0.25) is 10.2 Å². The molecule has 158 valence electrons. The van der Waals surface area contributed by atoms with Gasteiger partial charge in [-0.2, -0.15) is 13.2 Å². The van der Waals surface area contributed by atoms with Crippen molar-refractivity contribution in [1.29, 1.82) is 0 Å². The largest absolute Gasteiger partial charge is 0.409 e. The molecule has 29 heavy (non-hydrogen) atoms. The van der Waals surface area contributed by atoms with Crippen LogP contribution in [0.1, 0.15) is 69.0 Å². The molecule has 0 bridgehead atoms. The first-order valence-corrected chi connectivity index (χ1v) is 10.5. The van der Waals surface area contributed by atoms with Crippen LogP contribution < -0.4 is 5.43 Å². The molecule has 1 atom stereocenters. The lowest BCUT2D eigenvalue weighted by atomic mass is 9.92. The number of unbranched alkanes of at least 4 members (excludes halogenated alkanes) is 5. The fourth-order valence-electron chi connectivity index (χ4n) is 4.19. The van der Waals surface area contributed by atoms with Gasteiger partial charge in [0.05, 0.1) is 0 Å². The number of rotatable bonds is 9. The summed E-state index contributed by atoms with van der Waals surface area (Å²) in [5.74, 6) is -0.369. The zero-order valence-electron chi connectivity index (χ0n) is 16.9. The highest BCUT2D eigenvalue weighted by molar-refractivity contribution is 5.89. The fourth-order valence-corrected chi connectivity index (χ4v) is 4.19. The number of carbonyl (C=O) groups excluding carboxylic acids is 1. The molecule has 1 aliphatic rings. The Bertz CT molecular complexity index is 829. The minimum Gasteiger partial charge on any atom is -0.288 e. The summed E-state index contributed by atoms with van der Waals surface area (Å²) >= 11 is 0. The van der Waals surface area contributed by atoms with Crippen LogP contribution in [0, 0.1) is 0 Å². The third-order valence-electron chi connectivity index (χ3n) is 5.59. The summed E-state index contributed by atoms with van der Waals surface area (Å²) in [6.07, 6.45) is 3.21. The van der Waals surface area contributed by atoms with Crippen LogP contribution in [-0.2, 0) is 11.2 Å². The van der Waals surface area contributed by atoms with Gasteiger partial charge in [0, 0.05) is 13.0 Å². The van der Waals surface area contributed by atoms with Gasteiger partial charge in [0.1, 0.15) is 0 Å². The zero-order chi connectivity index (χ0) is 20.9. The van der Waals surface area contributed by atoms with Crippen LogP contribution >= 0.6 is 0 Å². The molecule has 0 aromatic heterocycles. The van der Waals surface area contributed by atoms with Crippen LogP contribution in [0.4, 0.5) is 13.2 Å². The van der Waals surface area contributed by atoms with Crippen LogP contribution in [-0.4, -0.2) is 23.6 Å². The number of hydrazine groups is 1. The van der Waals surface area contributed by atoms with E-state index in [-0.39, 0.29) is 24.4 Å². The summed E-state index contributed by atoms with van der Waals surface area (Å²) < 4.78 is 42.2. The lowest BCUT2D eigenvalue weighted by molar-refractivity contribution is -0.190. The predicted molar refractivity (Wildman–Crippen MR) is 109 cm³/mol. The highest BCUT2D eigenvalue weighted by atomic mass is 19.4. The third-order valence-corrected chi connectivity index (χ3v) is 5.59. The van der Waals surface area contributed by atoms with Crippen LogP contribution in [0.2, 0.25) is 0 Å². The zero-order valence-corrected chi connectivity index (χ0v) is 16.9. The van der Waals surface area contributed by atoms with Crippen LogP contribution in [0.3, 0.4) is 0 Å². The number of aryl methyl sites for hydroxylation is 1. The quantitative estimate of drug-likeness (QED) is 0.512. The van der Waals surface area contributed by atoms with Crippen molar-refractivity contribution in [2.45, 2.75) is 70.5 Å². The van der Waals surface area contributed by atoms with E-state index in [1.807, 2.05) is 24.3 Å². The van der Waals surface area contributed by atoms with Gasteiger partial charge in [0.15, 0.2) is 6.04 Å². The number of fused-ring (bicyclic) bond motifs is 1. The molecule has 3 rings (SSSR count). The summed E-state index contributed by atoms with van der Waals surface area (Å²) in [7, 11) is 0. The molecule has 2 aromatic rings. The molecule has 2 aromatic carbocycles. The summed E-state index contributed by atoms with van der Waals surface area (Å²) in [4.78, 5) is 11.6. The number of hydrogen-bond donors (Lipinski definition) is 1. The standard InChI is InChI=1S/C23H29F3N2O/c1-2-3-4-5-6-7-10-17-11-8-12-18-13-9-14-19(21(17)18)22(23(24,25)26)28-16-15-20(29)27-28/h8-9,11-14,22H,2-7,10,15-16H2,1H3,(H,27,29). The summed E-state index contributed by atoms with van der Waals surface area (Å²) in [6, 6.07) is 8.95. The van der Waals surface area contributed by atoms with Crippen molar-refractivity contribution in [2.75, 3.05) is 6.54 Å². The number of amides is 1. The number of nitrogens with zero attached hydrogens (tertiary/aromatic N) is 1. The lowest BCUT2D eigenvalue weighted by Gasteiger charge is -2.30. The Labute approximate surface area is 170 Å². The molecule has 1 heterocycles. The predicted octanol–water partition coefficient (Wildman–Crippen LogP) is 6.08. The first kappa shape index (κ1) is 21.6. The fraction of sp³-hybridized carbons (Fsp3) is 0.522. The summed E-state index contributed by atoms with van der Waals surface area (Å²) in [6.45, 7) is 2.23. The van der Waals surface area contributed by atoms with Crippen LogP contribution in [0.5, 0.6) is 0 Å². The summed E-state index contributed by atoms with van der Waals surface area (Å²) in [5.41, 5.74) is 3.56. The van der Waals surface area contributed by atoms with Gasteiger partial charge >= 0.3 is 6.18 Å². The highest BCUT2D eigenvalue weighted by Crippen LogP contribution is 2.41. The monoisotopic (exact) mass is 406 g/mol. The van der Waals surface area contributed by atoms with E-state index >= 15 is 0 Å². The van der Waals surface area contributed by atoms with E-state index in [1.165, 1.54) is 19.3 Å². The van der Waals surface area contributed by atoms with Crippen molar-refractivity contribution in [2.24, 2.45) is 0 Å². The van der Waals surface area contributed by atoms with E-state index in [0.717, 1.165) is 41.6 Å². The third kappa shape index (κ3) is 5.30. The Morgan fingerprint density at radius 2 is 1.72 bits per heavy atom. The van der Waals surface area contributed by atoms with Crippen molar-refractivity contribution >= 4 is 16.7 Å². The molecule has 1 amide bonds. The maximum absolute atomic E-state index is 14.1. The average Bonchev–Trinajstić information content (AvgIpc) is 3.09. The second-order valence-corrected chi connectivity index (χ2v) is 7.80. The molecule has 1 aliphatic heterocycles. The number of nitrogens with one attached hydrogen (secondary N) is 1. The topological polar surface area (TPSA) is 32.3 Å². The van der Waals surface area contributed by atoms with Crippen molar-refractivity contribution in [3.63, 3.8) is 0 Å². The molecule has 0 radical (unpaired) electrons. The van der Waals surface area contributed by atoms with Gasteiger partial charge in [0.2, 0.25) is 5.91 Å². The van der Waals surface area contributed by atoms with E-state index in [2.05, 4.69) is 12.3 Å². The van der Waals surface area contributed by atoms with E-state index in [0.29, 0.717) is 5.39 Å². The first-order chi connectivity index (χ1) is 13.9. The Balaban J connectivity index is 1.91. The number of benzene rings is 2. The molecule has 1 N–H and O–H groups in total. The number of halogens is 3. The molecule has 0 spiro atoms. The molecule has 6 heteroatoms. The van der Waals surface area contributed by atoms with Crippen LogP contribution in [0.25, 0.3) is 10.8 Å². The van der Waals surface area contributed by atoms with Crippen molar-refractivity contribution in [1.82, 2.24) is 10.4 Å². The highest BCUT2D eigenvalue weighted by Gasteiger charge is 2.47. The molecule has 1 saturated heterocycles. The van der Waals surface area contributed by atoms with E-state index in [1.54, 1.807) is 12.1 Å². The van der Waals surface area contributed by atoms with Gasteiger partial charge in [-0.25, -0.2) is 5.01 Å². The second kappa shape index (κ2) is 9.61. The van der Waals surface area contributed by atoms with Crippen molar-refractivity contribution < 1.29 is 18.0 Å². The van der Waals surface area contributed by atoms with Crippen LogP contribution in [0.15, 0.2) is 36.4 Å². The molecule has 1 unspecified atom stereocenters. The van der Waals surface area contributed by atoms with Crippen molar-refractivity contribution in [3.8, 4) is 0 Å². The Kier molecular flexibility index (Phi) is 7.17. The minimum absolute atomic E-state index is 0.0546. The van der Waals surface area contributed by atoms with Gasteiger partial charge in [-0.15, -0.1) is 0 Å². The number of carbonyl (C=O) groups is 1. The molecule has 1 fully saturated rings. The first-order valence-electron chi connectivity index (χ1n) is 10.5. The Morgan fingerprint density at radius 1 is 1.03 bits per heavy atom. The molecule has 3 nitrogen and oxygen atoms in total. The SMILES string of the molecule is CCCCCCCCc1cccc2cccc(C(N3CCC(=O)N3)C(F)(F)F)c12. The lowest BCUT2D eigenvalue weighted by Crippen LogP contribution is -2.43. The van der Waals surface area contributed by atoms with Gasteiger partial charge in [-0.05, 0) is 34.7 Å². The Morgan fingerprint density at radius 3 is 2.38 bits per heavy atom. The number of hydrogen-bond acceptors (Lipinski definition) is 2. The van der Waals surface area contributed by atoms with Crippen molar-refractivity contribution in [3.05, 3.63) is 47.5 Å². The van der Waals surface area contributed by atoms with Gasteiger partial charge in [0.25, 0.3) is 0 Å². The van der Waals surface area contributed by atoms with E-state index in [4.69, 9.17) is 0 Å². The Hall–Kier alpha value is -2.08. The molecular weight excluding hydrogens is 377 g/mol. The molecule has 0 saturated carbocycles. The van der Waals surface area contributed by atoms with Gasteiger partial charge in [-0.1, -0.05) is 75.4 Å². The normalized spacial score (nSPS) is 16.3. The molecular formula is C23H29F3N2O. The smallest absolute Gasteiger partial charge is 0.288 e. The number of alkyl halides is 3. The second-order valence-electron chi connectivity index (χ2n) is 7.80. The maximum Gasteiger partial charge on any atom is 0.409 e. The summed E-state index contributed by atoms with van der Waals surface area (Å²) in [5, 5.41) is 2.52. The van der Waals surface area contributed by atoms with E-state index < -0.39 is 12.2 Å². The van der Waals surface area contributed by atoms with Gasteiger partial charge < -0.3 is 0 Å². The maximum atomic E-state index is 14.1.